The first-order valence-corrected chi connectivity index (χ1v) is 5.37. The molecule has 86 valence electrons. The first-order valence-electron chi connectivity index (χ1n) is 5.37. The predicted molar refractivity (Wildman–Crippen MR) is 58.7 cm³/mol. The number of hydrogen-bond donors (Lipinski definition) is 2. The molecule has 1 unspecified atom stereocenters. The lowest BCUT2D eigenvalue weighted by atomic mass is 9.82. The van der Waals surface area contributed by atoms with Crippen molar-refractivity contribution in [1.29, 1.82) is 0 Å². The molecule has 1 aliphatic rings. The van der Waals surface area contributed by atoms with E-state index in [0.29, 0.717) is 6.54 Å². The van der Waals surface area contributed by atoms with E-state index in [2.05, 4.69) is 25.8 Å². The van der Waals surface area contributed by atoms with Gasteiger partial charge in [0.1, 0.15) is 0 Å². The van der Waals surface area contributed by atoms with Crippen molar-refractivity contribution in [3.63, 3.8) is 0 Å². The molecule has 0 aliphatic carbocycles. The quantitative estimate of drug-likeness (QED) is 0.745. The highest BCUT2D eigenvalue weighted by molar-refractivity contribution is 5.93. The maximum Gasteiger partial charge on any atom is 0.249 e. The smallest absolute Gasteiger partial charge is 0.249 e. The average molecular weight is 221 g/mol. The van der Waals surface area contributed by atoms with Gasteiger partial charge in [0, 0.05) is 6.54 Å². The standard InChI is InChI=1S/C10H15N5O/c1-10(3-2-4-11-7-10)8(16)14-9-12-5-6-13-15-9/h5-6,11H,2-4,7H2,1H3,(H,12,14,15,16). The van der Waals surface area contributed by atoms with E-state index in [-0.39, 0.29) is 17.3 Å². The van der Waals surface area contributed by atoms with Crippen LogP contribution < -0.4 is 10.6 Å². The van der Waals surface area contributed by atoms with Crippen LogP contribution in [0.1, 0.15) is 19.8 Å². The van der Waals surface area contributed by atoms with Gasteiger partial charge in [-0.2, -0.15) is 5.10 Å². The van der Waals surface area contributed by atoms with Gasteiger partial charge in [-0.1, -0.05) is 0 Å². The Hall–Kier alpha value is -1.56. The number of carbonyl (C=O) groups is 1. The van der Waals surface area contributed by atoms with Crippen molar-refractivity contribution in [1.82, 2.24) is 20.5 Å². The molecule has 0 saturated carbocycles. The van der Waals surface area contributed by atoms with E-state index in [4.69, 9.17) is 0 Å². The van der Waals surface area contributed by atoms with Gasteiger partial charge in [-0.05, 0) is 26.3 Å². The third-order valence-corrected chi connectivity index (χ3v) is 2.85. The van der Waals surface area contributed by atoms with Crippen molar-refractivity contribution in [2.45, 2.75) is 19.8 Å². The molecule has 0 bridgehead atoms. The molecule has 1 atom stereocenters. The van der Waals surface area contributed by atoms with Crippen LogP contribution >= 0.6 is 0 Å². The number of piperidine rings is 1. The van der Waals surface area contributed by atoms with E-state index in [1.54, 1.807) is 0 Å². The van der Waals surface area contributed by atoms with E-state index in [9.17, 15) is 4.79 Å². The zero-order valence-corrected chi connectivity index (χ0v) is 9.23. The summed E-state index contributed by atoms with van der Waals surface area (Å²) in [4.78, 5) is 15.9. The summed E-state index contributed by atoms with van der Waals surface area (Å²) in [7, 11) is 0. The number of nitrogens with one attached hydrogen (secondary N) is 2. The summed E-state index contributed by atoms with van der Waals surface area (Å²) in [5.41, 5.74) is -0.378. The summed E-state index contributed by atoms with van der Waals surface area (Å²) in [5.74, 6) is 0.215. The zero-order chi connectivity index (χ0) is 11.4. The minimum absolute atomic E-state index is 0.0484. The lowest BCUT2D eigenvalue weighted by molar-refractivity contribution is -0.125. The highest BCUT2D eigenvalue weighted by Crippen LogP contribution is 2.26. The molecular weight excluding hydrogens is 206 g/mol. The van der Waals surface area contributed by atoms with Gasteiger partial charge < -0.3 is 5.32 Å². The number of anilines is 1. The Morgan fingerprint density at radius 2 is 2.44 bits per heavy atom. The van der Waals surface area contributed by atoms with Crippen LogP contribution in [-0.4, -0.2) is 34.2 Å². The Balaban J connectivity index is 2.02. The lowest BCUT2D eigenvalue weighted by Gasteiger charge is -2.32. The van der Waals surface area contributed by atoms with Gasteiger partial charge in [0.15, 0.2) is 0 Å². The molecule has 1 aromatic heterocycles. The number of carbonyl (C=O) groups excluding carboxylic acids is 1. The second kappa shape index (κ2) is 4.52. The molecule has 1 aromatic rings. The molecule has 16 heavy (non-hydrogen) atoms. The van der Waals surface area contributed by atoms with E-state index in [1.165, 1.54) is 12.4 Å². The Morgan fingerprint density at radius 1 is 1.56 bits per heavy atom. The molecule has 6 nitrogen and oxygen atoms in total. The Labute approximate surface area is 93.9 Å². The van der Waals surface area contributed by atoms with Crippen LogP contribution in [0.3, 0.4) is 0 Å². The third kappa shape index (κ3) is 2.33. The van der Waals surface area contributed by atoms with Crippen LogP contribution in [0.4, 0.5) is 5.95 Å². The molecule has 1 aliphatic heterocycles. The molecule has 1 saturated heterocycles. The van der Waals surface area contributed by atoms with Gasteiger partial charge in [-0.25, -0.2) is 4.98 Å². The number of hydrogen-bond acceptors (Lipinski definition) is 5. The second-order valence-corrected chi connectivity index (χ2v) is 4.26. The van der Waals surface area contributed by atoms with E-state index < -0.39 is 0 Å². The van der Waals surface area contributed by atoms with Crippen molar-refractivity contribution in [2.75, 3.05) is 18.4 Å². The van der Waals surface area contributed by atoms with Gasteiger partial charge in [0.2, 0.25) is 11.9 Å². The zero-order valence-electron chi connectivity index (χ0n) is 9.23. The first-order chi connectivity index (χ1) is 7.71. The molecule has 2 N–H and O–H groups in total. The third-order valence-electron chi connectivity index (χ3n) is 2.85. The van der Waals surface area contributed by atoms with Crippen LogP contribution in [-0.2, 0) is 4.79 Å². The first kappa shape index (κ1) is 10.9. The van der Waals surface area contributed by atoms with Crippen LogP contribution in [0.2, 0.25) is 0 Å². The SMILES string of the molecule is CC1(C(=O)Nc2nccnn2)CCCNC1. The monoisotopic (exact) mass is 221 g/mol. The van der Waals surface area contributed by atoms with Gasteiger partial charge in [-0.3, -0.25) is 10.1 Å². The molecule has 0 aromatic carbocycles. The van der Waals surface area contributed by atoms with E-state index in [0.717, 1.165) is 19.4 Å². The summed E-state index contributed by atoms with van der Waals surface area (Å²) in [6.07, 6.45) is 4.87. The van der Waals surface area contributed by atoms with Gasteiger partial charge in [-0.15, -0.1) is 5.10 Å². The maximum absolute atomic E-state index is 12.0. The Kier molecular flexibility index (Phi) is 3.09. The molecule has 0 radical (unpaired) electrons. The van der Waals surface area contributed by atoms with Gasteiger partial charge in [0.05, 0.1) is 17.8 Å². The highest BCUT2D eigenvalue weighted by atomic mass is 16.2. The summed E-state index contributed by atoms with van der Waals surface area (Å²) < 4.78 is 0. The molecule has 6 heteroatoms. The van der Waals surface area contributed by atoms with Crippen molar-refractivity contribution < 1.29 is 4.79 Å². The van der Waals surface area contributed by atoms with Crippen LogP contribution in [0.25, 0.3) is 0 Å². The fourth-order valence-corrected chi connectivity index (χ4v) is 1.81. The average Bonchev–Trinajstić information content (AvgIpc) is 2.31. The van der Waals surface area contributed by atoms with Crippen molar-refractivity contribution in [3.8, 4) is 0 Å². The normalized spacial score (nSPS) is 25.1. The molecule has 2 heterocycles. The molecule has 2 rings (SSSR count). The van der Waals surface area contributed by atoms with E-state index in [1.807, 2.05) is 6.92 Å². The van der Waals surface area contributed by atoms with Crippen LogP contribution in [0.15, 0.2) is 12.4 Å². The minimum atomic E-state index is -0.378. The van der Waals surface area contributed by atoms with Gasteiger partial charge >= 0.3 is 0 Å². The molecule has 0 spiro atoms. The number of rotatable bonds is 2. The van der Waals surface area contributed by atoms with Crippen molar-refractivity contribution in [2.24, 2.45) is 5.41 Å². The number of amides is 1. The largest absolute Gasteiger partial charge is 0.316 e. The van der Waals surface area contributed by atoms with Crippen LogP contribution in [0, 0.1) is 5.41 Å². The predicted octanol–water partition coefficient (Wildman–Crippen LogP) is 0.200. The Bertz CT molecular complexity index is 361. The van der Waals surface area contributed by atoms with E-state index >= 15 is 0 Å². The maximum atomic E-state index is 12.0. The highest BCUT2D eigenvalue weighted by Gasteiger charge is 2.34. The van der Waals surface area contributed by atoms with Crippen molar-refractivity contribution >= 4 is 11.9 Å². The summed E-state index contributed by atoms with van der Waals surface area (Å²) in [6, 6.07) is 0. The number of aromatic nitrogens is 3. The molecule has 1 amide bonds. The lowest BCUT2D eigenvalue weighted by Crippen LogP contribution is -2.46. The fourth-order valence-electron chi connectivity index (χ4n) is 1.81. The number of nitrogens with zero attached hydrogens (tertiary/aromatic N) is 3. The fraction of sp³-hybridized carbons (Fsp3) is 0.600. The topological polar surface area (TPSA) is 79.8 Å². The Morgan fingerprint density at radius 3 is 3.06 bits per heavy atom. The summed E-state index contributed by atoms with van der Waals surface area (Å²) in [6.45, 7) is 3.62. The summed E-state index contributed by atoms with van der Waals surface area (Å²) >= 11 is 0. The van der Waals surface area contributed by atoms with Crippen molar-refractivity contribution in [3.05, 3.63) is 12.4 Å². The second-order valence-electron chi connectivity index (χ2n) is 4.26. The van der Waals surface area contributed by atoms with Crippen LogP contribution in [0.5, 0.6) is 0 Å². The summed E-state index contributed by atoms with van der Waals surface area (Å²) in [5, 5.41) is 13.3. The molecular formula is C10H15N5O. The molecule has 1 fully saturated rings. The van der Waals surface area contributed by atoms with Gasteiger partial charge in [0.25, 0.3) is 0 Å². The minimum Gasteiger partial charge on any atom is -0.316 e.